The highest BCUT2D eigenvalue weighted by Gasteiger charge is 2.34. The Labute approximate surface area is 200 Å². The molecule has 1 aliphatic rings. The van der Waals surface area contributed by atoms with E-state index in [2.05, 4.69) is 25.8 Å². The van der Waals surface area contributed by atoms with E-state index in [1.165, 1.54) is 12.1 Å². The summed E-state index contributed by atoms with van der Waals surface area (Å²) in [5, 5.41) is 14.3. The molecule has 0 spiro atoms. The molecule has 1 aromatic carbocycles. The summed E-state index contributed by atoms with van der Waals surface area (Å²) in [6.07, 6.45) is -1.73. The molecule has 0 atom stereocenters. The van der Waals surface area contributed by atoms with E-state index in [1.54, 1.807) is 12.1 Å². The van der Waals surface area contributed by atoms with E-state index in [1.807, 2.05) is 20.8 Å². The normalized spacial score (nSPS) is 19.3. The Hall–Kier alpha value is -2.81. The van der Waals surface area contributed by atoms with Gasteiger partial charge in [-0.05, 0) is 56.0 Å². The summed E-state index contributed by atoms with van der Waals surface area (Å²) in [4.78, 5) is 16.4. The zero-order valence-corrected chi connectivity index (χ0v) is 19.9. The van der Waals surface area contributed by atoms with Crippen LogP contribution in [0.15, 0.2) is 30.3 Å². The summed E-state index contributed by atoms with van der Waals surface area (Å²) in [6.45, 7) is 6.07. The van der Waals surface area contributed by atoms with Crippen molar-refractivity contribution < 1.29 is 18.0 Å². The minimum absolute atomic E-state index is 0.0127. The molecule has 2 heterocycles. The van der Waals surface area contributed by atoms with Gasteiger partial charge in [0.1, 0.15) is 11.4 Å². The maximum Gasteiger partial charge on any atom is 0.433 e. The molecule has 0 radical (unpaired) electrons. The van der Waals surface area contributed by atoms with E-state index in [-0.39, 0.29) is 28.9 Å². The van der Waals surface area contributed by atoms with Crippen molar-refractivity contribution in [2.24, 2.45) is 0 Å². The number of alkyl halides is 3. The molecule has 4 rings (SSSR count). The fourth-order valence-electron chi connectivity index (χ4n) is 4.15. The minimum Gasteiger partial charge on any atom is -0.382 e. The third kappa shape index (κ3) is 5.46. The number of amides is 1. The van der Waals surface area contributed by atoms with Gasteiger partial charge in [0.2, 0.25) is 0 Å². The predicted molar refractivity (Wildman–Crippen MR) is 126 cm³/mol. The van der Waals surface area contributed by atoms with Crippen LogP contribution in [0.2, 0.25) is 5.02 Å². The molecule has 0 aliphatic heterocycles. The Kier molecular flexibility index (Phi) is 6.50. The van der Waals surface area contributed by atoms with Gasteiger partial charge in [-0.15, -0.1) is 0 Å². The van der Waals surface area contributed by atoms with Gasteiger partial charge in [-0.25, -0.2) is 4.98 Å². The number of aromatic amines is 1. The number of hydrogen-bond donors (Lipinski definition) is 3. The first kappa shape index (κ1) is 24.3. The van der Waals surface area contributed by atoms with E-state index < -0.39 is 11.9 Å². The average Bonchev–Trinajstić information content (AvgIpc) is 3.26. The second-order valence-corrected chi connectivity index (χ2v) is 10.2. The maximum atomic E-state index is 13.4. The summed E-state index contributed by atoms with van der Waals surface area (Å²) >= 11 is 6.08. The van der Waals surface area contributed by atoms with E-state index in [0.29, 0.717) is 47.5 Å². The molecular formula is C24H27ClF3N5O. The maximum absolute atomic E-state index is 13.4. The lowest BCUT2D eigenvalue weighted by Gasteiger charge is -2.30. The molecule has 34 heavy (non-hydrogen) atoms. The highest BCUT2D eigenvalue weighted by atomic mass is 35.5. The Bertz CT molecular complexity index is 1190. The number of pyridine rings is 1. The van der Waals surface area contributed by atoms with Crippen LogP contribution in [0.3, 0.4) is 0 Å². The molecule has 3 aromatic rings. The van der Waals surface area contributed by atoms with Crippen LogP contribution < -0.4 is 10.6 Å². The highest BCUT2D eigenvalue weighted by molar-refractivity contribution is 6.31. The molecule has 1 saturated carbocycles. The van der Waals surface area contributed by atoms with Gasteiger partial charge in [0.15, 0.2) is 0 Å². The molecular weight excluding hydrogens is 467 g/mol. The number of carbonyl (C=O) groups is 1. The van der Waals surface area contributed by atoms with E-state index in [9.17, 15) is 18.0 Å². The molecule has 6 nitrogen and oxygen atoms in total. The van der Waals surface area contributed by atoms with Crippen molar-refractivity contribution in [1.29, 1.82) is 0 Å². The molecule has 1 fully saturated rings. The number of aromatic nitrogens is 3. The number of carbonyl (C=O) groups excluding carboxylic acids is 1. The fraction of sp³-hybridized carbons (Fsp3) is 0.458. The Balaban J connectivity index is 1.42. The molecule has 2 aromatic heterocycles. The number of nitrogens with zero attached hydrogens (tertiary/aromatic N) is 2. The summed E-state index contributed by atoms with van der Waals surface area (Å²) in [6, 6.07) is 7.40. The van der Waals surface area contributed by atoms with Gasteiger partial charge in [-0.3, -0.25) is 9.89 Å². The summed E-state index contributed by atoms with van der Waals surface area (Å²) < 4.78 is 40.1. The molecule has 3 N–H and O–H groups in total. The van der Waals surface area contributed by atoms with Gasteiger partial charge in [0.25, 0.3) is 5.91 Å². The SMILES string of the molecule is CC(C)(C)c1cc(C(=O)NC2CCC(Nc3cc(C(F)(F)F)nc4ccc(Cl)cc34)CC2)[nH]n1. The molecule has 0 bridgehead atoms. The number of nitrogens with one attached hydrogen (secondary N) is 3. The van der Waals surface area contributed by atoms with Crippen LogP contribution in [-0.4, -0.2) is 33.2 Å². The summed E-state index contributed by atoms with van der Waals surface area (Å²) in [5.74, 6) is -0.205. The van der Waals surface area contributed by atoms with Crippen molar-refractivity contribution in [3.8, 4) is 0 Å². The lowest BCUT2D eigenvalue weighted by atomic mass is 9.90. The van der Waals surface area contributed by atoms with Crippen molar-refractivity contribution in [3.63, 3.8) is 0 Å². The number of halogens is 4. The number of benzene rings is 1. The second kappa shape index (κ2) is 9.09. The fourth-order valence-corrected chi connectivity index (χ4v) is 4.32. The first-order valence-corrected chi connectivity index (χ1v) is 11.6. The van der Waals surface area contributed by atoms with Crippen molar-refractivity contribution >= 4 is 34.1 Å². The molecule has 182 valence electrons. The second-order valence-electron chi connectivity index (χ2n) is 9.80. The van der Waals surface area contributed by atoms with E-state index in [0.717, 1.165) is 11.8 Å². The van der Waals surface area contributed by atoms with E-state index >= 15 is 0 Å². The molecule has 1 amide bonds. The molecule has 0 unspecified atom stereocenters. The highest BCUT2D eigenvalue weighted by Crippen LogP contribution is 2.35. The predicted octanol–water partition coefficient (Wildman–Crippen LogP) is 6.08. The van der Waals surface area contributed by atoms with Crippen LogP contribution >= 0.6 is 11.6 Å². The Morgan fingerprint density at radius 1 is 1.03 bits per heavy atom. The average molecular weight is 494 g/mol. The van der Waals surface area contributed by atoms with Crippen LogP contribution in [0.1, 0.15) is 68.3 Å². The summed E-state index contributed by atoms with van der Waals surface area (Å²) in [7, 11) is 0. The topological polar surface area (TPSA) is 82.7 Å². The molecule has 10 heteroatoms. The van der Waals surface area contributed by atoms with Crippen LogP contribution in [0.5, 0.6) is 0 Å². The van der Waals surface area contributed by atoms with Crippen molar-refractivity contribution in [2.75, 3.05) is 5.32 Å². The third-order valence-electron chi connectivity index (χ3n) is 6.07. The standard InChI is InChI=1S/C24H27ClF3N5O/c1-23(2,3)20-12-19(32-33-20)22(34)30-15-7-5-14(6-8-15)29-18-11-21(24(26,27)28)31-17-9-4-13(25)10-16(17)18/h4,9-12,14-15H,5-8H2,1-3H3,(H,29,31)(H,30,34)(H,32,33). The van der Waals surface area contributed by atoms with Crippen LogP contribution in [0.25, 0.3) is 10.9 Å². The number of anilines is 1. The number of rotatable bonds is 4. The Morgan fingerprint density at radius 2 is 1.71 bits per heavy atom. The van der Waals surface area contributed by atoms with Gasteiger partial charge >= 0.3 is 6.18 Å². The lowest BCUT2D eigenvalue weighted by molar-refractivity contribution is -0.140. The quantitative estimate of drug-likeness (QED) is 0.411. The monoisotopic (exact) mass is 493 g/mol. The Morgan fingerprint density at radius 3 is 2.32 bits per heavy atom. The van der Waals surface area contributed by atoms with Gasteiger partial charge in [0, 0.05) is 33.6 Å². The van der Waals surface area contributed by atoms with Gasteiger partial charge in [-0.1, -0.05) is 32.4 Å². The number of hydrogen-bond acceptors (Lipinski definition) is 4. The largest absolute Gasteiger partial charge is 0.433 e. The first-order valence-electron chi connectivity index (χ1n) is 11.2. The first-order chi connectivity index (χ1) is 15.9. The number of H-pyrrole nitrogens is 1. The minimum atomic E-state index is -4.55. The van der Waals surface area contributed by atoms with Gasteiger partial charge in [-0.2, -0.15) is 18.3 Å². The van der Waals surface area contributed by atoms with Crippen LogP contribution in [0, 0.1) is 0 Å². The van der Waals surface area contributed by atoms with Crippen LogP contribution in [-0.2, 0) is 11.6 Å². The van der Waals surface area contributed by atoms with Crippen molar-refractivity contribution in [1.82, 2.24) is 20.5 Å². The smallest absolute Gasteiger partial charge is 0.382 e. The van der Waals surface area contributed by atoms with Crippen molar-refractivity contribution in [2.45, 2.75) is 70.1 Å². The summed E-state index contributed by atoms with van der Waals surface area (Å²) in [5.41, 5.74) is 0.723. The van der Waals surface area contributed by atoms with Gasteiger partial charge < -0.3 is 10.6 Å². The number of fused-ring (bicyclic) bond motifs is 1. The zero-order valence-electron chi connectivity index (χ0n) is 19.2. The van der Waals surface area contributed by atoms with E-state index in [4.69, 9.17) is 11.6 Å². The zero-order chi connectivity index (χ0) is 24.7. The molecule has 1 aliphatic carbocycles. The lowest BCUT2D eigenvalue weighted by Crippen LogP contribution is -2.40. The van der Waals surface area contributed by atoms with Crippen LogP contribution in [0.4, 0.5) is 18.9 Å². The molecule has 0 saturated heterocycles. The van der Waals surface area contributed by atoms with Gasteiger partial charge in [0.05, 0.1) is 11.2 Å². The third-order valence-corrected chi connectivity index (χ3v) is 6.31. The van der Waals surface area contributed by atoms with Crippen molar-refractivity contribution in [3.05, 3.63) is 52.4 Å².